The molecule has 0 saturated carbocycles. The second-order valence-corrected chi connectivity index (χ2v) is 26.2. The first-order valence-electron chi connectivity index (χ1n) is 25.0. The van der Waals surface area contributed by atoms with E-state index in [0.29, 0.717) is 35.7 Å². The molecule has 0 aromatic rings. The molecular formula is C53H92N6O13S5. The lowest BCUT2D eigenvalue weighted by Gasteiger charge is -2.25. The average molecular weight is 1180 g/mol. The number of hydrogen-bond donors (Lipinski definition) is 8. The molecule has 0 bridgehead atoms. The fourth-order valence-electron chi connectivity index (χ4n) is 6.18. The molecule has 0 aromatic heterocycles. The molecule has 24 heteroatoms. The Morgan fingerprint density at radius 2 is 0.662 bits per heavy atom. The lowest BCUT2D eigenvalue weighted by Crippen LogP contribution is -2.47. The van der Waals surface area contributed by atoms with Gasteiger partial charge in [-0.2, -0.15) is 25.3 Å². The third-order valence-corrected chi connectivity index (χ3v) is 13.2. The van der Waals surface area contributed by atoms with Gasteiger partial charge >= 0.3 is 0 Å². The first-order chi connectivity index (χ1) is 34.8. The molecule has 0 spiro atoms. The number of Topliss-reactive ketones (excluding diaryl/α,β-unsaturated/α-hetero) is 4. The van der Waals surface area contributed by atoms with E-state index in [1.54, 1.807) is 62.3 Å². The highest BCUT2D eigenvalue weighted by molar-refractivity contribution is 8.17. The Balaban J connectivity index is -0.000000470. The highest BCUT2D eigenvalue weighted by Gasteiger charge is 2.35. The van der Waals surface area contributed by atoms with Gasteiger partial charge in [0, 0.05) is 86.5 Å². The Bertz CT molecular complexity index is 1970. The van der Waals surface area contributed by atoms with E-state index in [0.717, 1.165) is 41.7 Å². The zero-order valence-electron chi connectivity index (χ0n) is 49.3. The van der Waals surface area contributed by atoms with Gasteiger partial charge in [-0.3, -0.25) is 62.3 Å². The number of ketones is 4. The third kappa shape index (κ3) is 39.1. The largest absolute Gasteiger partial charge is 0.346 e. The van der Waals surface area contributed by atoms with Gasteiger partial charge in [0.1, 0.15) is 6.04 Å². The fraction of sp³-hybridized carbons (Fsp3) is 0.717. The monoisotopic (exact) mass is 1180 g/mol. The van der Waals surface area contributed by atoms with Gasteiger partial charge in [-0.15, -0.1) is 0 Å². The number of carbonyl (C=O) groups is 13. The Morgan fingerprint density at radius 3 is 0.922 bits per heavy atom. The molecule has 0 rings (SSSR count). The molecule has 6 amide bonds. The van der Waals surface area contributed by atoms with Crippen LogP contribution in [-0.2, 0) is 62.3 Å². The summed E-state index contributed by atoms with van der Waals surface area (Å²) < 4.78 is 0. The minimum atomic E-state index is -0.818. The molecule has 0 heterocycles. The van der Waals surface area contributed by atoms with Crippen LogP contribution in [0.5, 0.6) is 0 Å². The molecule has 0 aliphatic carbocycles. The summed E-state index contributed by atoms with van der Waals surface area (Å²) in [5.74, 6) is -0.720. The van der Waals surface area contributed by atoms with Gasteiger partial charge in [0.15, 0.2) is 28.2 Å². The van der Waals surface area contributed by atoms with E-state index in [9.17, 15) is 62.3 Å². The Kier molecular flexibility index (Phi) is 39.8. The van der Waals surface area contributed by atoms with Gasteiger partial charge in [-0.25, -0.2) is 0 Å². The predicted molar refractivity (Wildman–Crippen MR) is 318 cm³/mol. The summed E-state index contributed by atoms with van der Waals surface area (Å²) in [6.07, 6.45) is 2.29. The number of nitrogens with one attached hydrogen (secondary N) is 6. The smallest absolute Gasteiger partial charge is 0.217 e. The summed E-state index contributed by atoms with van der Waals surface area (Å²) in [5, 5.41) is 15.0. The normalized spacial score (nSPS) is 13.5. The SMILES string of the molecule is C=C(SC(C)=O)C(NC(C)=O)C(=O)C(C)(C)C.CC(=O)NC(CCS)C(=O)C(C)(C)C.CC(=O)NC(CCS)C(=O)SCC(NC(C)=O)C(=O)C(C)(C)C.CCCC(NC(C)=O)C(=O)SCC(NC(C)=O)C(=O)C(C)(C)C. The van der Waals surface area contributed by atoms with Crippen molar-refractivity contribution in [2.45, 2.75) is 200 Å². The van der Waals surface area contributed by atoms with Crippen LogP contribution in [0.1, 0.15) is 164 Å². The fourth-order valence-corrected chi connectivity index (χ4v) is 9.24. The van der Waals surface area contributed by atoms with E-state index >= 15 is 0 Å². The van der Waals surface area contributed by atoms with Gasteiger partial charge in [0.05, 0.1) is 30.2 Å². The molecule has 6 N–H and O–H groups in total. The van der Waals surface area contributed by atoms with E-state index in [2.05, 4.69) is 63.7 Å². The van der Waals surface area contributed by atoms with E-state index in [4.69, 9.17) is 0 Å². The van der Waals surface area contributed by atoms with Crippen molar-refractivity contribution in [3.63, 3.8) is 0 Å². The van der Waals surface area contributed by atoms with Crippen LogP contribution in [0.3, 0.4) is 0 Å². The molecular weight excluding hydrogens is 1090 g/mol. The predicted octanol–water partition coefficient (Wildman–Crippen LogP) is 6.19. The number of amides is 6. The van der Waals surface area contributed by atoms with Crippen molar-refractivity contribution in [3.8, 4) is 0 Å². The van der Waals surface area contributed by atoms with Crippen LogP contribution in [0.4, 0.5) is 0 Å². The van der Waals surface area contributed by atoms with Crippen molar-refractivity contribution in [2.75, 3.05) is 23.0 Å². The van der Waals surface area contributed by atoms with Crippen molar-refractivity contribution >= 4 is 134 Å². The van der Waals surface area contributed by atoms with Gasteiger partial charge in [0.25, 0.3) is 0 Å². The van der Waals surface area contributed by atoms with Gasteiger partial charge < -0.3 is 31.9 Å². The average Bonchev–Trinajstić information content (AvgIpc) is 3.25. The van der Waals surface area contributed by atoms with E-state index in [-0.39, 0.29) is 85.4 Å². The summed E-state index contributed by atoms with van der Waals surface area (Å²) in [5.41, 5.74) is -2.26. The van der Waals surface area contributed by atoms with E-state index < -0.39 is 57.9 Å². The molecule has 0 fully saturated rings. The summed E-state index contributed by atoms with van der Waals surface area (Å²) in [6, 6.07) is -3.88. The Morgan fingerprint density at radius 1 is 0.403 bits per heavy atom. The molecule has 19 nitrogen and oxygen atoms in total. The maximum Gasteiger partial charge on any atom is 0.217 e. The zero-order chi connectivity index (χ0) is 61.6. The number of carbonyl (C=O) groups excluding carboxylic acids is 13. The summed E-state index contributed by atoms with van der Waals surface area (Å²) >= 11 is 10.9. The molecule has 77 heavy (non-hydrogen) atoms. The van der Waals surface area contributed by atoms with Crippen molar-refractivity contribution < 1.29 is 62.3 Å². The third-order valence-electron chi connectivity index (χ3n) is 9.77. The van der Waals surface area contributed by atoms with Gasteiger partial charge in [-0.05, 0) is 30.8 Å². The summed E-state index contributed by atoms with van der Waals surface area (Å²) in [7, 11) is 0. The molecule has 6 atom stereocenters. The van der Waals surface area contributed by atoms with E-state index in [1.807, 2.05) is 27.7 Å². The first kappa shape index (κ1) is 79.5. The minimum absolute atomic E-state index is 0.0572. The van der Waals surface area contributed by atoms with Crippen LogP contribution in [0.25, 0.3) is 0 Å². The molecule has 0 saturated heterocycles. The van der Waals surface area contributed by atoms with E-state index in [1.165, 1.54) is 48.5 Å². The van der Waals surface area contributed by atoms with Crippen LogP contribution in [0, 0.1) is 21.7 Å². The second-order valence-electron chi connectivity index (χ2n) is 22.0. The van der Waals surface area contributed by atoms with Crippen LogP contribution < -0.4 is 31.9 Å². The highest BCUT2D eigenvalue weighted by atomic mass is 32.2. The molecule has 0 radical (unpaired) electrons. The second kappa shape index (κ2) is 38.6. The lowest BCUT2D eigenvalue weighted by molar-refractivity contribution is -0.131. The molecule has 0 aromatic carbocycles. The van der Waals surface area contributed by atoms with Crippen molar-refractivity contribution in [1.29, 1.82) is 0 Å². The molecule has 0 aliphatic rings. The Hall–Kier alpha value is -4.00. The number of hydrogen-bond acceptors (Lipinski definition) is 18. The summed E-state index contributed by atoms with van der Waals surface area (Å²) in [4.78, 5) is 151. The minimum Gasteiger partial charge on any atom is -0.346 e. The highest BCUT2D eigenvalue weighted by Crippen LogP contribution is 2.26. The quantitative estimate of drug-likeness (QED) is 0.0500. The van der Waals surface area contributed by atoms with Crippen LogP contribution >= 0.6 is 60.5 Å². The standard InChI is InChI=1S/C16H28N2O4S.C15H26N2O4S2.C12H19NO3S.C10H19NO2S/c1-7-8-12(17-10(2)19)15(22)23-9-13(18-11(3)20)14(21)16(4,5)6;1-9(18)16-11(6-7-22)14(21)23-8-12(17-10(2)19)13(20)15(3,4)5;1-7(17-9(3)15)10(13-8(2)14)11(16)12(4,5)6;1-7(12)11-8(5-6-14)9(13)10(2,3)4/h12-13H,7-9H2,1-6H3,(H,17,19)(H,18,20);11-12,22H,6-8H2,1-5H3,(H,16,18)(H,17,19);10H,1H2,2-6H3,(H,13,14);8,14H,5-6H2,1-4H3,(H,11,12). The van der Waals surface area contributed by atoms with Crippen LogP contribution in [0.15, 0.2) is 11.5 Å². The molecule has 442 valence electrons. The summed E-state index contributed by atoms with van der Waals surface area (Å²) in [6.45, 7) is 36.6. The van der Waals surface area contributed by atoms with Gasteiger partial charge in [0.2, 0.25) is 45.7 Å². The first-order valence-corrected chi connectivity index (χ1v) is 29.1. The number of thioether (sulfide) groups is 3. The number of rotatable bonds is 24. The van der Waals surface area contributed by atoms with Crippen molar-refractivity contribution in [3.05, 3.63) is 11.5 Å². The maximum atomic E-state index is 12.4. The molecule has 6 unspecified atom stereocenters. The molecule has 0 aliphatic heterocycles. The topological polar surface area (TPSA) is 294 Å². The zero-order valence-corrected chi connectivity index (χ0v) is 53.5. The van der Waals surface area contributed by atoms with Crippen molar-refractivity contribution in [2.24, 2.45) is 21.7 Å². The van der Waals surface area contributed by atoms with Crippen LogP contribution in [-0.4, -0.2) is 133 Å². The van der Waals surface area contributed by atoms with Crippen LogP contribution in [0.2, 0.25) is 0 Å². The Labute approximate surface area is 482 Å². The van der Waals surface area contributed by atoms with Crippen molar-refractivity contribution in [1.82, 2.24) is 31.9 Å². The van der Waals surface area contributed by atoms with Gasteiger partial charge in [-0.1, -0.05) is 138 Å². The lowest BCUT2D eigenvalue weighted by atomic mass is 9.85. The number of thiol groups is 2. The maximum absolute atomic E-state index is 12.4.